The molecule has 0 fully saturated rings. The zero-order valence-corrected chi connectivity index (χ0v) is 13.8. The summed E-state index contributed by atoms with van der Waals surface area (Å²) < 4.78 is 0. The predicted molar refractivity (Wildman–Crippen MR) is 92.8 cm³/mol. The Hall–Kier alpha value is -2.74. The molecule has 0 aliphatic carbocycles. The van der Waals surface area contributed by atoms with Crippen molar-refractivity contribution in [2.24, 2.45) is 0 Å². The molecule has 24 heavy (non-hydrogen) atoms. The highest BCUT2D eigenvalue weighted by Gasteiger charge is 2.26. The molecule has 0 amide bonds. The van der Waals surface area contributed by atoms with Crippen LogP contribution >= 0.6 is 0 Å². The fourth-order valence-electron chi connectivity index (χ4n) is 2.47. The SMILES string of the molecule is CCc1ccccc1Nc1ncnc(N(CC)CCO)c1[N+](=O)[O-]. The van der Waals surface area contributed by atoms with Gasteiger partial charge in [-0.2, -0.15) is 0 Å². The number of nitro groups is 1. The van der Waals surface area contributed by atoms with Gasteiger partial charge in [0.1, 0.15) is 6.33 Å². The second-order valence-corrected chi connectivity index (χ2v) is 5.09. The molecule has 0 atom stereocenters. The molecule has 0 aliphatic heterocycles. The van der Waals surface area contributed by atoms with Crippen LogP contribution in [0.15, 0.2) is 30.6 Å². The van der Waals surface area contributed by atoms with Gasteiger partial charge in [0.25, 0.3) is 0 Å². The van der Waals surface area contributed by atoms with E-state index in [9.17, 15) is 10.1 Å². The van der Waals surface area contributed by atoms with Crippen molar-refractivity contribution in [1.29, 1.82) is 0 Å². The van der Waals surface area contributed by atoms with E-state index < -0.39 is 4.92 Å². The van der Waals surface area contributed by atoms with Gasteiger partial charge in [-0.1, -0.05) is 25.1 Å². The summed E-state index contributed by atoms with van der Waals surface area (Å²) in [5, 5.41) is 23.8. The number of hydrogen-bond donors (Lipinski definition) is 2. The molecule has 2 rings (SSSR count). The summed E-state index contributed by atoms with van der Waals surface area (Å²) in [7, 11) is 0. The summed E-state index contributed by atoms with van der Waals surface area (Å²) >= 11 is 0. The van der Waals surface area contributed by atoms with Crippen LogP contribution in [0.1, 0.15) is 19.4 Å². The Labute approximate surface area is 140 Å². The number of aliphatic hydroxyl groups excluding tert-OH is 1. The molecule has 0 spiro atoms. The molecule has 0 aliphatic rings. The highest BCUT2D eigenvalue weighted by atomic mass is 16.6. The Morgan fingerprint density at radius 2 is 2.04 bits per heavy atom. The largest absolute Gasteiger partial charge is 0.395 e. The standard InChI is InChI=1S/C16H21N5O3/c1-3-12-7-5-6-8-13(12)19-15-14(21(23)24)16(18-11-17-15)20(4-2)9-10-22/h5-8,11,22H,3-4,9-10H2,1-2H3,(H,17,18,19). The van der Waals surface area contributed by atoms with Gasteiger partial charge in [0, 0.05) is 18.8 Å². The quantitative estimate of drug-likeness (QED) is 0.565. The predicted octanol–water partition coefficient (Wildman–Crippen LogP) is 2.51. The van der Waals surface area contributed by atoms with Crippen molar-refractivity contribution in [3.63, 3.8) is 0 Å². The number of aryl methyl sites for hydroxylation is 1. The van der Waals surface area contributed by atoms with E-state index in [-0.39, 0.29) is 30.5 Å². The van der Waals surface area contributed by atoms with Gasteiger partial charge in [-0.3, -0.25) is 10.1 Å². The van der Waals surface area contributed by atoms with E-state index in [1.165, 1.54) is 6.33 Å². The molecule has 1 heterocycles. The first-order valence-corrected chi connectivity index (χ1v) is 7.82. The topological polar surface area (TPSA) is 104 Å². The van der Waals surface area contributed by atoms with Crippen molar-refractivity contribution >= 4 is 23.0 Å². The number of anilines is 3. The van der Waals surface area contributed by atoms with Gasteiger partial charge in [-0.25, -0.2) is 9.97 Å². The average Bonchev–Trinajstić information content (AvgIpc) is 2.59. The zero-order valence-electron chi connectivity index (χ0n) is 13.8. The molecule has 0 saturated carbocycles. The number of nitrogens with zero attached hydrogens (tertiary/aromatic N) is 4. The van der Waals surface area contributed by atoms with Crippen molar-refractivity contribution in [3.05, 3.63) is 46.3 Å². The van der Waals surface area contributed by atoms with Crippen LogP contribution in [0.25, 0.3) is 0 Å². The molecule has 128 valence electrons. The van der Waals surface area contributed by atoms with Crippen molar-refractivity contribution in [2.45, 2.75) is 20.3 Å². The molecule has 2 N–H and O–H groups in total. The third-order valence-corrected chi connectivity index (χ3v) is 3.69. The Bertz CT molecular complexity index is 708. The van der Waals surface area contributed by atoms with Crippen LogP contribution in [0, 0.1) is 10.1 Å². The number of rotatable bonds is 8. The number of likely N-dealkylation sites (N-methyl/N-ethyl adjacent to an activating group) is 1. The lowest BCUT2D eigenvalue weighted by atomic mass is 10.1. The third kappa shape index (κ3) is 3.77. The number of benzene rings is 1. The van der Waals surface area contributed by atoms with Crippen molar-refractivity contribution in [2.75, 3.05) is 29.9 Å². The van der Waals surface area contributed by atoms with Crippen LogP contribution in [-0.2, 0) is 6.42 Å². The van der Waals surface area contributed by atoms with E-state index >= 15 is 0 Å². The van der Waals surface area contributed by atoms with Gasteiger partial charge in [0.15, 0.2) is 0 Å². The van der Waals surface area contributed by atoms with E-state index in [1.54, 1.807) is 4.90 Å². The van der Waals surface area contributed by atoms with Crippen molar-refractivity contribution in [3.8, 4) is 0 Å². The van der Waals surface area contributed by atoms with Gasteiger partial charge in [0.05, 0.1) is 11.5 Å². The number of para-hydroxylation sites is 1. The van der Waals surface area contributed by atoms with Crippen LogP contribution in [-0.4, -0.2) is 39.7 Å². The normalized spacial score (nSPS) is 10.5. The first kappa shape index (κ1) is 17.6. The molecule has 0 unspecified atom stereocenters. The maximum Gasteiger partial charge on any atom is 0.353 e. The van der Waals surface area contributed by atoms with Crippen LogP contribution in [0.5, 0.6) is 0 Å². The number of hydrogen-bond acceptors (Lipinski definition) is 7. The molecule has 0 bridgehead atoms. The minimum Gasteiger partial charge on any atom is -0.395 e. The molecular weight excluding hydrogens is 310 g/mol. The summed E-state index contributed by atoms with van der Waals surface area (Å²) in [6, 6.07) is 7.60. The van der Waals surface area contributed by atoms with Crippen LogP contribution < -0.4 is 10.2 Å². The minimum atomic E-state index is -0.494. The van der Waals surface area contributed by atoms with Crippen LogP contribution in [0.2, 0.25) is 0 Å². The lowest BCUT2D eigenvalue weighted by molar-refractivity contribution is -0.383. The van der Waals surface area contributed by atoms with Gasteiger partial charge >= 0.3 is 5.69 Å². The maximum atomic E-state index is 11.6. The Morgan fingerprint density at radius 1 is 1.29 bits per heavy atom. The fraction of sp³-hybridized carbons (Fsp3) is 0.375. The van der Waals surface area contributed by atoms with E-state index in [0.29, 0.717) is 6.54 Å². The van der Waals surface area contributed by atoms with E-state index in [0.717, 1.165) is 17.7 Å². The summed E-state index contributed by atoms with van der Waals surface area (Å²) in [6.45, 7) is 4.50. The smallest absolute Gasteiger partial charge is 0.353 e. The zero-order chi connectivity index (χ0) is 17.5. The van der Waals surface area contributed by atoms with Crippen LogP contribution in [0.3, 0.4) is 0 Å². The number of aromatic nitrogens is 2. The molecule has 1 aromatic heterocycles. The summed E-state index contributed by atoms with van der Waals surface area (Å²) in [5.74, 6) is 0.338. The van der Waals surface area contributed by atoms with Gasteiger partial charge in [-0.05, 0) is 25.0 Å². The van der Waals surface area contributed by atoms with E-state index in [1.807, 2.05) is 38.1 Å². The molecular formula is C16H21N5O3. The lowest BCUT2D eigenvalue weighted by Gasteiger charge is -2.21. The third-order valence-electron chi connectivity index (χ3n) is 3.69. The average molecular weight is 331 g/mol. The van der Waals surface area contributed by atoms with E-state index in [4.69, 9.17) is 5.11 Å². The summed E-state index contributed by atoms with van der Waals surface area (Å²) in [5.41, 5.74) is 1.62. The highest BCUT2D eigenvalue weighted by Crippen LogP contribution is 2.34. The number of aliphatic hydroxyl groups is 1. The van der Waals surface area contributed by atoms with Gasteiger partial charge in [-0.15, -0.1) is 0 Å². The van der Waals surface area contributed by atoms with Gasteiger partial charge in [0.2, 0.25) is 11.6 Å². The first-order chi connectivity index (χ1) is 11.6. The van der Waals surface area contributed by atoms with Gasteiger partial charge < -0.3 is 15.3 Å². The molecule has 0 radical (unpaired) electrons. The molecule has 2 aromatic rings. The molecule has 1 aromatic carbocycles. The summed E-state index contributed by atoms with van der Waals surface area (Å²) in [4.78, 5) is 20.9. The van der Waals surface area contributed by atoms with Crippen molar-refractivity contribution < 1.29 is 10.0 Å². The van der Waals surface area contributed by atoms with E-state index in [2.05, 4.69) is 15.3 Å². The van der Waals surface area contributed by atoms with Crippen LogP contribution in [0.4, 0.5) is 23.0 Å². The summed E-state index contributed by atoms with van der Waals surface area (Å²) in [6.07, 6.45) is 2.08. The molecule has 0 saturated heterocycles. The Kier molecular flexibility index (Phi) is 6.02. The second kappa shape index (κ2) is 8.21. The minimum absolute atomic E-state index is 0.115. The first-order valence-electron chi connectivity index (χ1n) is 7.82. The monoisotopic (exact) mass is 331 g/mol. The Morgan fingerprint density at radius 3 is 2.67 bits per heavy atom. The molecule has 8 heteroatoms. The second-order valence-electron chi connectivity index (χ2n) is 5.09. The lowest BCUT2D eigenvalue weighted by Crippen LogP contribution is -2.28. The fourth-order valence-corrected chi connectivity index (χ4v) is 2.47. The highest BCUT2D eigenvalue weighted by molar-refractivity contribution is 5.75. The number of nitrogens with one attached hydrogen (secondary N) is 1. The van der Waals surface area contributed by atoms with Crippen molar-refractivity contribution in [1.82, 2.24) is 9.97 Å². The Balaban J connectivity index is 2.48. The molecule has 8 nitrogen and oxygen atoms in total. The maximum absolute atomic E-state index is 11.6.